The van der Waals surface area contributed by atoms with E-state index in [4.69, 9.17) is 0 Å². The van der Waals surface area contributed by atoms with E-state index in [-0.39, 0.29) is 23.1 Å². The van der Waals surface area contributed by atoms with Crippen LogP contribution in [0.3, 0.4) is 0 Å². The average Bonchev–Trinajstić information content (AvgIpc) is 3.09. The van der Waals surface area contributed by atoms with Crippen molar-refractivity contribution in [3.05, 3.63) is 35.4 Å². The van der Waals surface area contributed by atoms with Crippen molar-refractivity contribution in [1.29, 1.82) is 0 Å². The van der Waals surface area contributed by atoms with Crippen LogP contribution in [0.1, 0.15) is 25.3 Å². The van der Waals surface area contributed by atoms with Gasteiger partial charge >= 0.3 is 0 Å². The Kier molecular flexibility index (Phi) is 3.17. The van der Waals surface area contributed by atoms with Crippen molar-refractivity contribution in [1.82, 2.24) is 5.43 Å². The van der Waals surface area contributed by atoms with Crippen molar-refractivity contribution in [2.24, 2.45) is 11.0 Å². The number of carbonyl (C=O) groups is 1. The zero-order valence-corrected chi connectivity index (χ0v) is 9.34. The van der Waals surface area contributed by atoms with Gasteiger partial charge in [0.2, 0.25) is 5.91 Å². The third kappa shape index (κ3) is 2.67. The van der Waals surface area contributed by atoms with Crippen LogP contribution in [0.4, 0.5) is 8.78 Å². The molecule has 3 nitrogen and oxygen atoms in total. The summed E-state index contributed by atoms with van der Waals surface area (Å²) in [5.41, 5.74) is 2.23. The van der Waals surface area contributed by atoms with Gasteiger partial charge in [-0.05, 0) is 31.9 Å². The lowest BCUT2D eigenvalue weighted by Crippen LogP contribution is -2.21. The molecule has 0 saturated heterocycles. The SMILES string of the molecule is C/C(=N/NC(=O)C1CC1)c1c(F)cccc1F. The zero-order chi connectivity index (χ0) is 12.4. The summed E-state index contributed by atoms with van der Waals surface area (Å²) in [7, 11) is 0. The van der Waals surface area contributed by atoms with Crippen LogP contribution >= 0.6 is 0 Å². The Hall–Kier alpha value is -1.78. The summed E-state index contributed by atoms with van der Waals surface area (Å²) in [6, 6.07) is 3.59. The standard InChI is InChI=1S/C12H12F2N2O/c1-7(15-16-12(17)8-5-6-8)11-9(13)3-2-4-10(11)14/h2-4,8H,5-6H2,1H3,(H,16,17)/b15-7-. The van der Waals surface area contributed by atoms with Gasteiger partial charge in [-0.25, -0.2) is 14.2 Å². The van der Waals surface area contributed by atoms with Gasteiger partial charge in [0.1, 0.15) is 11.6 Å². The normalized spacial score (nSPS) is 15.8. The van der Waals surface area contributed by atoms with Crippen molar-refractivity contribution in [3.63, 3.8) is 0 Å². The van der Waals surface area contributed by atoms with E-state index in [1.165, 1.54) is 13.0 Å². The molecule has 0 aliphatic heterocycles. The molecule has 5 heteroatoms. The number of rotatable bonds is 3. The molecule has 2 rings (SSSR count). The van der Waals surface area contributed by atoms with E-state index in [0.717, 1.165) is 25.0 Å². The zero-order valence-electron chi connectivity index (χ0n) is 9.34. The number of nitrogens with zero attached hydrogens (tertiary/aromatic N) is 1. The van der Waals surface area contributed by atoms with Crippen molar-refractivity contribution >= 4 is 11.6 Å². The van der Waals surface area contributed by atoms with E-state index in [2.05, 4.69) is 10.5 Å². The quantitative estimate of drug-likeness (QED) is 0.636. The summed E-state index contributed by atoms with van der Waals surface area (Å²) in [6.07, 6.45) is 1.71. The van der Waals surface area contributed by atoms with Gasteiger partial charge in [0.15, 0.2) is 0 Å². The van der Waals surface area contributed by atoms with Gasteiger partial charge < -0.3 is 0 Å². The Labute approximate surface area is 97.5 Å². The molecule has 1 aliphatic rings. The number of halogens is 2. The third-order valence-electron chi connectivity index (χ3n) is 2.61. The van der Waals surface area contributed by atoms with Gasteiger partial charge in [-0.15, -0.1) is 0 Å². The summed E-state index contributed by atoms with van der Waals surface area (Å²) in [5.74, 6) is -1.56. The van der Waals surface area contributed by atoms with Gasteiger partial charge in [-0.1, -0.05) is 6.07 Å². The molecule has 17 heavy (non-hydrogen) atoms. The first-order chi connectivity index (χ1) is 8.09. The van der Waals surface area contributed by atoms with Crippen LogP contribution in [0, 0.1) is 17.6 Å². The Balaban J connectivity index is 2.15. The van der Waals surface area contributed by atoms with Crippen LogP contribution < -0.4 is 5.43 Å². The predicted octanol–water partition coefficient (Wildman–Crippen LogP) is 2.21. The maximum atomic E-state index is 13.4. The van der Waals surface area contributed by atoms with E-state index in [1.54, 1.807) is 0 Å². The molecular weight excluding hydrogens is 226 g/mol. The lowest BCUT2D eigenvalue weighted by molar-refractivity contribution is -0.122. The summed E-state index contributed by atoms with van der Waals surface area (Å²) in [5, 5.41) is 3.71. The summed E-state index contributed by atoms with van der Waals surface area (Å²) >= 11 is 0. The van der Waals surface area contributed by atoms with Crippen molar-refractivity contribution in [3.8, 4) is 0 Å². The largest absolute Gasteiger partial charge is 0.273 e. The van der Waals surface area contributed by atoms with E-state index >= 15 is 0 Å². The highest BCUT2D eigenvalue weighted by Crippen LogP contribution is 2.28. The van der Waals surface area contributed by atoms with Crippen LogP contribution in [-0.4, -0.2) is 11.6 Å². The number of amides is 1. The van der Waals surface area contributed by atoms with Crippen LogP contribution in [0.15, 0.2) is 23.3 Å². The second kappa shape index (κ2) is 4.61. The fourth-order valence-corrected chi connectivity index (χ4v) is 1.48. The minimum atomic E-state index is -0.688. The number of hydrogen-bond donors (Lipinski definition) is 1. The highest BCUT2D eigenvalue weighted by Gasteiger charge is 2.29. The summed E-state index contributed by atoms with van der Waals surface area (Å²) in [6.45, 7) is 1.45. The van der Waals surface area contributed by atoms with Gasteiger partial charge in [0.25, 0.3) is 0 Å². The maximum Gasteiger partial charge on any atom is 0.243 e. The minimum absolute atomic E-state index is 0.0111. The molecule has 1 aliphatic carbocycles. The topological polar surface area (TPSA) is 41.5 Å². The number of carbonyl (C=O) groups excluding carboxylic acids is 1. The van der Waals surface area contributed by atoms with Gasteiger partial charge in [0.05, 0.1) is 11.3 Å². The molecule has 0 spiro atoms. The number of hydrazone groups is 1. The highest BCUT2D eigenvalue weighted by atomic mass is 19.1. The summed E-state index contributed by atoms with van der Waals surface area (Å²) in [4.78, 5) is 11.3. The Bertz CT molecular complexity index is 461. The molecule has 0 atom stereocenters. The smallest absolute Gasteiger partial charge is 0.243 e. The first-order valence-corrected chi connectivity index (χ1v) is 5.38. The van der Waals surface area contributed by atoms with Crippen molar-refractivity contribution in [2.75, 3.05) is 0 Å². The van der Waals surface area contributed by atoms with E-state index in [0.29, 0.717) is 0 Å². The first-order valence-electron chi connectivity index (χ1n) is 5.38. The molecular formula is C12H12F2N2O. The molecule has 1 saturated carbocycles. The van der Waals surface area contributed by atoms with Crippen LogP contribution in [0.5, 0.6) is 0 Å². The Morgan fingerprint density at radius 3 is 2.47 bits per heavy atom. The van der Waals surface area contributed by atoms with Crippen molar-refractivity contribution < 1.29 is 13.6 Å². The fourth-order valence-electron chi connectivity index (χ4n) is 1.48. The third-order valence-corrected chi connectivity index (χ3v) is 2.61. The highest BCUT2D eigenvalue weighted by molar-refractivity contribution is 5.99. The fraction of sp³-hybridized carbons (Fsp3) is 0.333. The lowest BCUT2D eigenvalue weighted by Gasteiger charge is -2.04. The molecule has 1 amide bonds. The first kappa shape index (κ1) is 11.7. The molecule has 0 radical (unpaired) electrons. The van der Waals surface area contributed by atoms with Crippen LogP contribution in [-0.2, 0) is 4.79 Å². The minimum Gasteiger partial charge on any atom is -0.273 e. The van der Waals surface area contributed by atoms with Crippen LogP contribution in [0.25, 0.3) is 0 Å². The Morgan fingerprint density at radius 2 is 1.94 bits per heavy atom. The molecule has 1 fully saturated rings. The van der Waals surface area contributed by atoms with Gasteiger partial charge in [-0.2, -0.15) is 5.10 Å². The van der Waals surface area contributed by atoms with Crippen LogP contribution in [0.2, 0.25) is 0 Å². The summed E-state index contributed by atoms with van der Waals surface area (Å²) < 4.78 is 26.7. The van der Waals surface area contributed by atoms with Gasteiger partial charge in [-0.3, -0.25) is 4.79 Å². The number of benzene rings is 1. The van der Waals surface area contributed by atoms with Gasteiger partial charge in [0, 0.05) is 5.92 Å². The van der Waals surface area contributed by atoms with E-state index < -0.39 is 11.6 Å². The molecule has 0 heterocycles. The van der Waals surface area contributed by atoms with E-state index in [1.807, 2.05) is 0 Å². The molecule has 0 aromatic heterocycles. The van der Waals surface area contributed by atoms with Crippen molar-refractivity contribution in [2.45, 2.75) is 19.8 Å². The molecule has 90 valence electrons. The Morgan fingerprint density at radius 1 is 1.35 bits per heavy atom. The molecule has 1 aromatic rings. The number of nitrogens with one attached hydrogen (secondary N) is 1. The second-order valence-corrected chi connectivity index (χ2v) is 4.04. The predicted molar refractivity (Wildman–Crippen MR) is 59.4 cm³/mol. The second-order valence-electron chi connectivity index (χ2n) is 4.04. The number of hydrogen-bond acceptors (Lipinski definition) is 2. The maximum absolute atomic E-state index is 13.4. The molecule has 1 aromatic carbocycles. The lowest BCUT2D eigenvalue weighted by atomic mass is 10.1. The molecule has 1 N–H and O–H groups in total. The monoisotopic (exact) mass is 238 g/mol. The molecule has 0 unspecified atom stereocenters. The van der Waals surface area contributed by atoms with E-state index in [9.17, 15) is 13.6 Å². The molecule has 0 bridgehead atoms. The average molecular weight is 238 g/mol.